The van der Waals surface area contributed by atoms with Crippen LogP contribution in [0.2, 0.25) is 0 Å². The van der Waals surface area contributed by atoms with Gasteiger partial charge >= 0.3 is 6.03 Å². The molecule has 5 aromatic rings. The fourth-order valence-corrected chi connectivity index (χ4v) is 4.79. The molecule has 0 aliphatic rings. The van der Waals surface area contributed by atoms with Crippen molar-refractivity contribution in [3.63, 3.8) is 0 Å². The van der Waals surface area contributed by atoms with E-state index in [1.54, 1.807) is 26.5 Å². The maximum atomic E-state index is 13.2. The Balaban J connectivity index is 1.34. The monoisotopic (exact) mass is 591 g/mol. The highest BCUT2D eigenvalue weighted by atomic mass is 16.5. The number of methoxy groups -OCH3 is 2. The normalized spacial score (nSPS) is 11.9. The van der Waals surface area contributed by atoms with E-state index in [2.05, 4.69) is 46.7 Å². The van der Waals surface area contributed by atoms with E-state index in [0.29, 0.717) is 34.7 Å². The summed E-state index contributed by atoms with van der Waals surface area (Å²) in [5, 5.41) is 10.9. The number of carbonyl (C=O) groups is 1. The van der Waals surface area contributed by atoms with Crippen LogP contribution in [0.25, 0.3) is 10.8 Å². The lowest BCUT2D eigenvalue weighted by Gasteiger charge is -2.21. The van der Waals surface area contributed by atoms with Crippen LogP contribution in [0.4, 0.5) is 22.1 Å². The molecule has 1 unspecified atom stereocenters. The average molecular weight is 592 g/mol. The number of urea groups is 1. The van der Waals surface area contributed by atoms with Crippen LogP contribution >= 0.6 is 0 Å². The van der Waals surface area contributed by atoms with Crippen molar-refractivity contribution in [1.82, 2.24) is 9.97 Å². The van der Waals surface area contributed by atoms with E-state index >= 15 is 0 Å². The van der Waals surface area contributed by atoms with Crippen molar-refractivity contribution in [2.45, 2.75) is 39.2 Å². The van der Waals surface area contributed by atoms with Gasteiger partial charge in [0.1, 0.15) is 17.2 Å². The summed E-state index contributed by atoms with van der Waals surface area (Å²) in [5.41, 5.74) is 3.26. The van der Waals surface area contributed by atoms with Gasteiger partial charge in [-0.25, -0.2) is 9.78 Å². The zero-order valence-electron chi connectivity index (χ0n) is 25.8. The predicted octanol–water partition coefficient (Wildman–Crippen LogP) is 8.55. The van der Waals surface area contributed by atoms with E-state index in [1.165, 1.54) is 0 Å². The van der Waals surface area contributed by atoms with Crippen LogP contribution in [0.3, 0.4) is 0 Å². The number of benzene rings is 4. The first kappa shape index (κ1) is 30.2. The topological polar surface area (TPSA) is 107 Å². The number of anilines is 3. The van der Waals surface area contributed by atoms with Crippen molar-refractivity contribution < 1.29 is 19.0 Å². The standard InChI is InChI=1S/C35H37N5O4/c1-22(23-10-9-11-25(20-23)42-5)37-33-36-19-18-32(40-33)44-30-17-15-28(26-12-7-8-13-27(26)30)38-34(41)39-29-21-24(35(2,3)4)14-16-31(29)43-6/h7-22H,1-6H3,(H,36,37,40)(H2,38,39,41). The van der Waals surface area contributed by atoms with Crippen molar-refractivity contribution in [3.8, 4) is 23.1 Å². The van der Waals surface area contributed by atoms with Crippen molar-refractivity contribution in [1.29, 1.82) is 0 Å². The van der Waals surface area contributed by atoms with Gasteiger partial charge in [-0.05, 0) is 59.9 Å². The van der Waals surface area contributed by atoms with Gasteiger partial charge in [0.05, 0.1) is 31.6 Å². The van der Waals surface area contributed by atoms with E-state index in [0.717, 1.165) is 27.6 Å². The molecular formula is C35H37N5O4. The summed E-state index contributed by atoms with van der Waals surface area (Å²) in [4.78, 5) is 22.1. The van der Waals surface area contributed by atoms with Gasteiger partial charge in [0.2, 0.25) is 11.8 Å². The molecule has 0 saturated heterocycles. The first-order valence-corrected chi connectivity index (χ1v) is 14.3. The first-order valence-electron chi connectivity index (χ1n) is 14.3. The molecule has 44 heavy (non-hydrogen) atoms. The Morgan fingerprint density at radius 3 is 2.30 bits per heavy atom. The fourth-order valence-electron chi connectivity index (χ4n) is 4.79. The van der Waals surface area contributed by atoms with Crippen LogP contribution < -0.4 is 30.2 Å². The van der Waals surface area contributed by atoms with Crippen LogP contribution in [0.1, 0.15) is 44.9 Å². The van der Waals surface area contributed by atoms with Crippen LogP contribution in [0, 0.1) is 0 Å². The second kappa shape index (κ2) is 12.9. The smallest absolute Gasteiger partial charge is 0.323 e. The second-order valence-corrected chi connectivity index (χ2v) is 11.4. The third-order valence-electron chi connectivity index (χ3n) is 7.23. The number of rotatable bonds is 9. The molecule has 0 bridgehead atoms. The van der Waals surface area contributed by atoms with Crippen LogP contribution in [0.15, 0.2) is 91.1 Å². The molecule has 9 nitrogen and oxygen atoms in total. The van der Waals surface area contributed by atoms with Gasteiger partial charge in [0, 0.05) is 23.0 Å². The van der Waals surface area contributed by atoms with Gasteiger partial charge in [0.25, 0.3) is 0 Å². The Kier molecular flexibility index (Phi) is 8.85. The minimum atomic E-state index is -0.384. The third-order valence-corrected chi connectivity index (χ3v) is 7.23. The van der Waals surface area contributed by atoms with Crippen LogP contribution in [0.5, 0.6) is 23.1 Å². The zero-order valence-corrected chi connectivity index (χ0v) is 25.8. The Bertz CT molecular complexity index is 1780. The van der Waals surface area contributed by atoms with Crippen molar-refractivity contribution in [2.24, 2.45) is 0 Å². The predicted molar refractivity (Wildman–Crippen MR) is 175 cm³/mol. The molecule has 0 radical (unpaired) electrons. The molecule has 1 aromatic heterocycles. The molecule has 0 spiro atoms. The van der Waals surface area contributed by atoms with E-state index in [-0.39, 0.29) is 17.5 Å². The lowest BCUT2D eigenvalue weighted by molar-refractivity contribution is 0.262. The van der Waals surface area contributed by atoms with E-state index in [1.807, 2.05) is 85.8 Å². The molecule has 0 aliphatic carbocycles. The van der Waals surface area contributed by atoms with Gasteiger partial charge < -0.3 is 30.2 Å². The van der Waals surface area contributed by atoms with E-state index < -0.39 is 0 Å². The van der Waals surface area contributed by atoms with Crippen molar-refractivity contribution in [2.75, 3.05) is 30.2 Å². The quantitative estimate of drug-likeness (QED) is 0.158. The average Bonchev–Trinajstić information content (AvgIpc) is 3.02. The lowest BCUT2D eigenvalue weighted by atomic mass is 9.87. The summed E-state index contributed by atoms with van der Waals surface area (Å²) < 4.78 is 17.1. The van der Waals surface area contributed by atoms with Crippen molar-refractivity contribution in [3.05, 3.63) is 102 Å². The molecule has 5 rings (SSSR count). The number of carbonyl (C=O) groups excluding carboxylic acids is 1. The Labute approximate surface area is 257 Å². The van der Waals surface area contributed by atoms with E-state index in [4.69, 9.17) is 14.2 Å². The molecular weight excluding hydrogens is 554 g/mol. The van der Waals surface area contributed by atoms with Gasteiger partial charge in [-0.2, -0.15) is 4.98 Å². The molecule has 1 atom stereocenters. The zero-order chi connectivity index (χ0) is 31.3. The van der Waals surface area contributed by atoms with Crippen molar-refractivity contribution >= 4 is 34.1 Å². The Morgan fingerprint density at radius 1 is 0.795 bits per heavy atom. The molecule has 9 heteroatoms. The molecule has 0 saturated carbocycles. The largest absolute Gasteiger partial charge is 0.497 e. The highest BCUT2D eigenvalue weighted by Gasteiger charge is 2.18. The Morgan fingerprint density at radius 2 is 1.55 bits per heavy atom. The molecule has 0 fully saturated rings. The van der Waals surface area contributed by atoms with Gasteiger partial charge in [-0.15, -0.1) is 0 Å². The Hall–Kier alpha value is -5.31. The highest BCUT2D eigenvalue weighted by Crippen LogP contribution is 2.35. The number of nitrogens with one attached hydrogen (secondary N) is 3. The number of nitrogens with zero attached hydrogens (tertiary/aromatic N) is 2. The number of ether oxygens (including phenoxy) is 3. The summed E-state index contributed by atoms with van der Waals surface area (Å²) in [7, 11) is 3.23. The highest BCUT2D eigenvalue weighted by molar-refractivity contribution is 6.08. The van der Waals surface area contributed by atoms with Gasteiger partial charge in [0.15, 0.2) is 0 Å². The number of aromatic nitrogens is 2. The summed E-state index contributed by atoms with van der Waals surface area (Å²) in [6.07, 6.45) is 1.65. The summed E-state index contributed by atoms with van der Waals surface area (Å²) in [5.74, 6) is 2.78. The minimum absolute atomic E-state index is 0.0615. The third kappa shape index (κ3) is 7.00. The molecule has 1 heterocycles. The SMILES string of the molecule is COc1cccc(C(C)Nc2nccc(Oc3ccc(NC(=O)Nc4cc(C(C)(C)C)ccc4OC)c4ccccc34)n2)c1. The van der Waals surface area contributed by atoms with Gasteiger partial charge in [-0.1, -0.05) is 63.2 Å². The number of amides is 2. The second-order valence-electron chi connectivity index (χ2n) is 11.4. The molecule has 0 aliphatic heterocycles. The van der Waals surface area contributed by atoms with Gasteiger partial charge in [-0.3, -0.25) is 0 Å². The van der Waals surface area contributed by atoms with Crippen LogP contribution in [-0.4, -0.2) is 30.2 Å². The summed E-state index contributed by atoms with van der Waals surface area (Å²) in [6, 6.07) is 26.2. The number of fused-ring (bicyclic) bond motifs is 1. The maximum Gasteiger partial charge on any atom is 0.323 e. The molecule has 3 N–H and O–H groups in total. The fraction of sp³-hybridized carbons (Fsp3) is 0.229. The summed E-state index contributed by atoms with van der Waals surface area (Å²) in [6.45, 7) is 8.39. The van der Waals surface area contributed by atoms with Crippen LogP contribution in [-0.2, 0) is 5.41 Å². The number of hydrogen-bond acceptors (Lipinski definition) is 7. The molecule has 4 aromatic carbocycles. The minimum Gasteiger partial charge on any atom is -0.497 e. The lowest BCUT2D eigenvalue weighted by Crippen LogP contribution is -2.21. The maximum absolute atomic E-state index is 13.2. The first-order chi connectivity index (χ1) is 21.1. The molecule has 226 valence electrons. The molecule has 2 amide bonds. The van der Waals surface area contributed by atoms with E-state index in [9.17, 15) is 4.79 Å². The number of hydrogen-bond donors (Lipinski definition) is 3. The summed E-state index contributed by atoms with van der Waals surface area (Å²) >= 11 is 0.